The van der Waals surface area contributed by atoms with Crippen LogP contribution in [0.5, 0.6) is 0 Å². The fourth-order valence-corrected chi connectivity index (χ4v) is 3.82. The molecule has 0 bridgehead atoms. The summed E-state index contributed by atoms with van der Waals surface area (Å²) in [7, 11) is -1.96. The summed E-state index contributed by atoms with van der Waals surface area (Å²) in [5.41, 5.74) is 1.18. The van der Waals surface area contributed by atoms with Crippen molar-refractivity contribution in [1.29, 1.82) is 0 Å². The smallest absolute Gasteiger partial charge is 0.247 e. The van der Waals surface area contributed by atoms with Crippen LogP contribution in [0.3, 0.4) is 0 Å². The molecule has 0 saturated heterocycles. The van der Waals surface area contributed by atoms with Crippen LogP contribution < -0.4 is 15.8 Å². The van der Waals surface area contributed by atoms with Gasteiger partial charge in [0, 0.05) is 23.5 Å². The minimum atomic E-state index is -3.64. The molecule has 0 spiro atoms. The van der Waals surface area contributed by atoms with Crippen molar-refractivity contribution >= 4 is 62.9 Å². The Morgan fingerprint density at radius 3 is 2.44 bits per heavy atom. The van der Waals surface area contributed by atoms with Gasteiger partial charge < -0.3 is 10.6 Å². The summed E-state index contributed by atoms with van der Waals surface area (Å²) in [5.74, 6) is 0.648. The summed E-state index contributed by atoms with van der Waals surface area (Å²) in [6.45, 7) is 1.19. The lowest BCUT2D eigenvalue weighted by molar-refractivity contribution is 0.600. The number of nitrogens with one attached hydrogen (secondary N) is 2. The van der Waals surface area contributed by atoms with Crippen molar-refractivity contribution in [2.24, 2.45) is 10.1 Å². The van der Waals surface area contributed by atoms with E-state index in [4.69, 9.17) is 16.7 Å². The summed E-state index contributed by atoms with van der Waals surface area (Å²) >= 11 is 7.00. The second-order valence-corrected chi connectivity index (χ2v) is 8.39. The predicted octanol–water partition coefficient (Wildman–Crippen LogP) is 2.57. The molecule has 0 aliphatic heterocycles. The summed E-state index contributed by atoms with van der Waals surface area (Å²) in [6, 6.07) is 10.9. The number of sulfonamides is 1. The van der Waals surface area contributed by atoms with Gasteiger partial charge in [-0.2, -0.15) is 0 Å². The predicted molar refractivity (Wildman–Crippen MR) is 114 cm³/mol. The average Bonchev–Trinajstić information content (AvgIpc) is 3.01. The summed E-state index contributed by atoms with van der Waals surface area (Å²) in [4.78, 5) is 5.00. The SMILES string of the molecule is CN=C(NCCc1ccc(Cl)cc1)NCc1ccc(S(N)(=O)=O)s1.I. The van der Waals surface area contributed by atoms with Crippen LogP contribution >= 0.6 is 46.9 Å². The summed E-state index contributed by atoms with van der Waals surface area (Å²) in [5, 5.41) is 12.2. The molecule has 0 atom stereocenters. The minimum absolute atomic E-state index is 0. The number of benzene rings is 1. The maximum Gasteiger partial charge on any atom is 0.247 e. The highest BCUT2D eigenvalue weighted by Crippen LogP contribution is 2.19. The fourth-order valence-electron chi connectivity index (χ4n) is 1.97. The van der Waals surface area contributed by atoms with Crippen molar-refractivity contribution in [1.82, 2.24) is 10.6 Å². The van der Waals surface area contributed by atoms with Crippen molar-refractivity contribution < 1.29 is 8.42 Å². The molecule has 0 unspecified atom stereocenters. The Morgan fingerprint density at radius 2 is 1.88 bits per heavy atom. The molecule has 0 saturated carbocycles. The third kappa shape index (κ3) is 7.48. The van der Waals surface area contributed by atoms with Crippen LogP contribution in [-0.2, 0) is 23.0 Å². The molecular weight excluding hydrogens is 495 g/mol. The van der Waals surface area contributed by atoms with Gasteiger partial charge in [0.2, 0.25) is 10.0 Å². The number of hydrogen-bond acceptors (Lipinski definition) is 4. The lowest BCUT2D eigenvalue weighted by atomic mass is 10.1. The highest BCUT2D eigenvalue weighted by Gasteiger charge is 2.11. The summed E-state index contributed by atoms with van der Waals surface area (Å²) < 4.78 is 22.7. The van der Waals surface area contributed by atoms with E-state index in [1.54, 1.807) is 13.1 Å². The quantitative estimate of drug-likeness (QED) is 0.314. The first-order chi connectivity index (χ1) is 11.4. The van der Waals surface area contributed by atoms with E-state index in [0.717, 1.165) is 27.7 Å². The van der Waals surface area contributed by atoms with Crippen molar-refractivity contribution in [3.8, 4) is 0 Å². The average molecular weight is 515 g/mol. The lowest BCUT2D eigenvalue weighted by Crippen LogP contribution is -2.37. The largest absolute Gasteiger partial charge is 0.356 e. The number of hydrogen-bond donors (Lipinski definition) is 3. The van der Waals surface area contributed by atoms with Gasteiger partial charge in [-0.15, -0.1) is 35.3 Å². The van der Waals surface area contributed by atoms with Gasteiger partial charge in [-0.3, -0.25) is 4.99 Å². The molecule has 25 heavy (non-hydrogen) atoms. The van der Waals surface area contributed by atoms with Crippen LogP contribution in [0, 0.1) is 0 Å². The third-order valence-corrected chi connectivity index (χ3v) is 5.97. The number of aliphatic imine (C=N–C) groups is 1. The van der Waals surface area contributed by atoms with Gasteiger partial charge in [0.15, 0.2) is 5.96 Å². The first-order valence-electron chi connectivity index (χ1n) is 7.19. The molecule has 2 aromatic rings. The normalized spacial score (nSPS) is 11.7. The van der Waals surface area contributed by atoms with E-state index < -0.39 is 10.0 Å². The number of halogens is 2. The fraction of sp³-hybridized carbons (Fsp3) is 0.267. The molecule has 138 valence electrons. The maximum atomic E-state index is 11.3. The van der Waals surface area contributed by atoms with Crippen LogP contribution in [0.25, 0.3) is 0 Å². The van der Waals surface area contributed by atoms with E-state index in [1.165, 1.54) is 11.6 Å². The Balaban J connectivity index is 0.00000312. The van der Waals surface area contributed by atoms with Gasteiger partial charge >= 0.3 is 0 Å². The molecule has 0 amide bonds. The molecule has 0 fully saturated rings. The van der Waals surface area contributed by atoms with Gasteiger partial charge in [-0.05, 0) is 36.2 Å². The Morgan fingerprint density at radius 1 is 1.20 bits per heavy atom. The topological polar surface area (TPSA) is 96.6 Å². The van der Waals surface area contributed by atoms with Gasteiger partial charge in [0.05, 0.1) is 6.54 Å². The minimum Gasteiger partial charge on any atom is -0.356 e. The molecule has 0 aliphatic carbocycles. The van der Waals surface area contributed by atoms with Crippen LogP contribution in [0.2, 0.25) is 5.02 Å². The zero-order chi connectivity index (χ0) is 17.6. The maximum absolute atomic E-state index is 11.3. The second kappa shape index (κ2) is 10.3. The zero-order valence-electron chi connectivity index (χ0n) is 13.5. The zero-order valence-corrected chi connectivity index (χ0v) is 18.2. The van der Waals surface area contributed by atoms with Crippen LogP contribution in [0.4, 0.5) is 0 Å². The van der Waals surface area contributed by atoms with E-state index in [0.29, 0.717) is 19.0 Å². The number of nitrogens with zero attached hydrogens (tertiary/aromatic N) is 1. The Hall–Kier alpha value is -0.880. The number of rotatable bonds is 6. The van der Waals surface area contributed by atoms with E-state index in [2.05, 4.69) is 15.6 Å². The number of guanidine groups is 1. The van der Waals surface area contributed by atoms with Crippen LogP contribution in [0.15, 0.2) is 45.6 Å². The van der Waals surface area contributed by atoms with Crippen LogP contribution in [-0.4, -0.2) is 28.0 Å². The first kappa shape index (κ1) is 22.2. The second-order valence-electron chi connectivity index (χ2n) is 4.99. The van der Waals surface area contributed by atoms with Crippen molar-refractivity contribution in [2.75, 3.05) is 13.6 Å². The molecule has 4 N–H and O–H groups in total. The molecular formula is C15H20ClIN4O2S2. The number of primary sulfonamides is 1. The van der Waals surface area contributed by atoms with E-state index in [1.807, 2.05) is 24.3 Å². The molecule has 1 heterocycles. The standard InChI is InChI=1S/C15H19ClN4O2S2.HI/c1-18-15(19-9-8-11-2-4-12(16)5-3-11)20-10-13-6-7-14(23-13)24(17,21)22;/h2-7H,8-10H2,1H3,(H2,17,21,22)(H2,18,19,20);1H. The van der Waals surface area contributed by atoms with E-state index >= 15 is 0 Å². The highest BCUT2D eigenvalue weighted by atomic mass is 127. The molecule has 1 aromatic carbocycles. The molecule has 1 aromatic heterocycles. The van der Waals surface area contributed by atoms with Gasteiger partial charge in [-0.1, -0.05) is 23.7 Å². The Labute approximate surface area is 173 Å². The van der Waals surface area contributed by atoms with Crippen molar-refractivity contribution in [3.63, 3.8) is 0 Å². The van der Waals surface area contributed by atoms with Crippen LogP contribution in [0.1, 0.15) is 10.4 Å². The van der Waals surface area contributed by atoms with Crippen molar-refractivity contribution in [2.45, 2.75) is 17.2 Å². The Kier molecular flexibility index (Phi) is 9.14. The highest BCUT2D eigenvalue weighted by molar-refractivity contribution is 14.0. The van der Waals surface area contributed by atoms with E-state index in [9.17, 15) is 8.42 Å². The number of nitrogens with two attached hydrogens (primary N) is 1. The van der Waals surface area contributed by atoms with Crippen molar-refractivity contribution in [3.05, 3.63) is 51.9 Å². The van der Waals surface area contributed by atoms with Gasteiger partial charge in [-0.25, -0.2) is 13.6 Å². The molecule has 0 aliphatic rings. The Bertz CT molecular complexity index is 807. The first-order valence-corrected chi connectivity index (χ1v) is 9.93. The molecule has 0 radical (unpaired) electrons. The number of thiophene rings is 1. The molecule has 6 nitrogen and oxygen atoms in total. The third-order valence-electron chi connectivity index (χ3n) is 3.19. The molecule has 2 rings (SSSR count). The van der Waals surface area contributed by atoms with E-state index in [-0.39, 0.29) is 28.2 Å². The monoisotopic (exact) mass is 514 g/mol. The summed E-state index contributed by atoms with van der Waals surface area (Å²) in [6.07, 6.45) is 0.840. The molecule has 10 heteroatoms. The lowest BCUT2D eigenvalue weighted by Gasteiger charge is -2.11. The van der Waals surface area contributed by atoms with Gasteiger partial charge in [0.1, 0.15) is 4.21 Å². The van der Waals surface area contributed by atoms with Gasteiger partial charge in [0.25, 0.3) is 0 Å².